The van der Waals surface area contributed by atoms with Gasteiger partial charge in [0.05, 0.1) is 5.69 Å². The number of aromatic nitrogens is 5. The zero-order valence-corrected chi connectivity index (χ0v) is 21.7. The Balaban J connectivity index is 1.12. The summed E-state index contributed by atoms with van der Waals surface area (Å²) in [6, 6.07) is 17.9. The van der Waals surface area contributed by atoms with Crippen molar-refractivity contribution in [1.82, 2.24) is 29.9 Å². The van der Waals surface area contributed by atoms with E-state index in [4.69, 9.17) is 5.73 Å². The summed E-state index contributed by atoms with van der Waals surface area (Å²) >= 11 is 0. The van der Waals surface area contributed by atoms with Gasteiger partial charge in [0.2, 0.25) is 11.9 Å². The molecule has 2 aliphatic carbocycles. The lowest BCUT2D eigenvalue weighted by atomic mass is 10.00. The lowest BCUT2D eigenvalue weighted by Crippen LogP contribution is -2.32. The summed E-state index contributed by atoms with van der Waals surface area (Å²) in [6.07, 6.45) is 10.5. The van der Waals surface area contributed by atoms with Crippen LogP contribution in [0.2, 0.25) is 0 Å². The first-order valence-corrected chi connectivity index (χ1v) is 14.0. The number of nitrogens with two attached hydrogens (primary N) is 1. The molecule has 0 amide bonds. The van der Waals surface area contributed by atoms with E-state index in [0.717, 1.165) is 49.0 Å². The molecule has 1 fully saturated rings. The Kier molecular flexibility index (Phi) is 6.04. The van der Waals surface area contributed by atoms with Crippen LogP contribution >= 0.6 is 0 Å². The van der Waals surface area contributed by atoms with Crippen LogP contribution in [0.3, 0.4) is 0 Å². The van der Waals surface area contributed by atoms with Gasteiger partial charge in [-0.2, -0.15) is 14.8 Å². The van der Waals surface area contributed by atoms with Crippen molar-refractivity contribution < 1.29 is 0 Å². The third kappa shape index (κ3) is 4.43. The summed E-state index contributed by atoms with van der Waals surface area (Å²) in [5.74, 6) is 1.32. The lowest BCUT2D eigenvalue weighted by molar-refractivity contribution is 0.222. The molecule has 3 N–H and O–H groups in total. The summed E-state index contributed by atoms with van der Waals surface area (Å²) in [6.45, 7) is 2.54. The zero-order chi connectivity index (χ0) is 25.5. The van der Waals surface area contributed by atoms with E-state index in [9.17, 15) is 0 Å². The number of benzene rings is 2. The second-order valence-electron chi connectivity index (χ2n) is 10.9. The molecule has 2 aromatic carbocycles. The molecule has 4 aromatic rings. The molecule has 7 rings (SSSR count). The summed E-state index contributed by atoms with van der Waals surface area (Å²) in [5.41, 5.74) is 14.9. The number of nitrogen functional groups attached to an aromatic ring is 1. The molecule has 0 saturated carbocycles. The van der Waals surface area contributed by atoms with Crippen molar-refractivity contribution in [3.63, 3.8) is 0 Å². The highest BCUT2D eigenvalue weighted by molar-refractivity contribution is 5.71. The molecule has 0 bridgehead atoms. The van der Waals surface area contributed by atoms with Crippen LogP contribution in [0.15, 0.2) is 48.5 Å². The molecule has 1 atom stereocenters. The van der Waals surface area contributed by atoms with Gasteiger partial charge in [-0.25, -0.2) is 0 Å². The SMILES string of the molecule is Nc1nc(Nc2ccc3c(c2)CC[C@@H](N2CCCC2)CC3)nn1-c1cc2c(nn1)CCCc1ccccc1-2. The first kappa shape index (κ1) is 23.3. The van der Waals surface area contributed by atoms with Crippen molar-refractivity contribution in [3.05, 3.63) is 70.9 Å². The lowest BCUT2D eigenvalue weighted by Gasteiger charge is -2.25. The van der Waals surface area contributed by atoms with Gasteiger partial charge < -0.3 is 16.0 Å². The molecule has 0 radical (unpaired) electrons. The van der Waals surface area contributed by atoms with Crippen LogP contribution in [0.5, 0.6) is 0 Å². The fourth-order valence-electron chi connectivity index (χ4n) is 6.49. The van der Waals surface area contributed by atoms with Crippen molar-refractivity contribution in [2.75, 3.05) is 24.1 Å². The zero-order valence-electron chi connectivity index (χ0n) is 21.7. The second-order valence-corrected chi connectivity index (χ2v) is 10.9. The van der Waals surface area contributed by atoms with E-state index in [2.05, 4.69) is 73.0 Å². The van der Waals surface area contributed by atoms with Crippen molar-refractivity contribution in [3.8, 4) is 16.9 Å². The molecular weight excluding hydrogens is 472 g/mol. The molecular formula is C30H34N8. The van der Waals surface area contributed by atoms with Gasteiger partial charge in [-0.15, -0.1) is 10.2 Å². The Morgan fingerprint density at radius 1 is 0.789 bits per heavy atom. The highest BCUT2D eigenvalue weighted by Crippen LogP contribution is 2.33. The van der Waals surface area contributed by atoms with Crippen LogP contribution in [0.25, 0.3) is 16.9 Å². The van der Waals surface area contributed by atoms with E-state index < -0.39 is 0 Å². The minimum absolute atomic E-state index is 0.284. The van der Waals surface area contributed by atoms with Gasteiger partial charge in [-0.1, -0.05) is 30.3 Å². The second kappa shape index (κ2) is 9.83. The first-order valence-electron chi connectivity index (χ1n) is 14.0. The number of fused-ring (bicyclic) bond motifs is 4. The predicted molar refractivity (Wildman–Crippen MR) is 150 cm³/mol. The molecule has 8 nitrogen and oxygen atoms in total. The average Bonchev–Trinajstić information content (AvgIpc) is 3.49. The Labute approximate surface area is 223 Å². The maximum absolute atomic E-state index is 6.31. The molecule has 194 valence electrons. The van der Waals surface area contributed by atoms with E-state index in [0.29, 0.717) is 17.8 Å². The fraction of sp³-hybridized carbons (Fsp3) is 0.400. The smallest absolute Gasteiger partial charge is 0.248 e. The minimum atomic E-state index is 0.284. The van der Waals surface area contributed by atoms with Crippen LogP contribution in [0.4, 0.5) is 17.6 Å². The molecule has 3 aliphatic rings. The van der Waals surface area contributed by atoms with Crippen molar-refractivity contribution in [2.24, 2.45) is 0 Å². The number of nitrogens with one attached hydrogen (secondary N) is 1. The van der Waals surface area contributed by atoms with Crippen molar-refractivity contribution >= 4 is 17.6 Å². The third-order valence-corrected chi connectivity index (χ3v) is 8.49. The molecule has 0 spiro atoms. The number of hydrogen-bond acceptors (Lipinski definition) is 7. The van der Waals surface area contributed by atoms with Gasteiger partial charge in [-0.05, 0) is 111 Å². The standard InChI is InChI=1S/C30H34N8/c31-29-33-30(32-23-13-10-20-11-14-24(15-12-22(20)18-23)37-16-3-4-17-37)36-38(29)28-19-26-25-8-2-1-6-21(25)7-5-9-27(26)34-35-28/h1-2,6,8,10,13,18-19,24H,3-5,7,9,11-12,14-17H2,(H3,31,32,33,36)/t24-/m0/s1. The summed E-state index contributed by atoms with van der Waals surface area (Å²) in [7, 11) is 0. The van der Waals surface area contributed by atoms with Gasteiger partial charge in [0.15, 0.2) is 5.82 Å². The minimum Gasteiger partial charge on any atom is -0.368 e. The number of rotatable bonds is 4. The van der Waals surface area contributed by atoms with Gasteiger partial charge in [0.25, 0.3) is 0 Å². The molecule has 0 unspecified atom stereocenters. The van der Waals surface area contributed by atoms with Crippen molar-refractivity contribution in [2.45, 2.75) is 63.8 Å². The van der Waals surface area contributed by atoms with Gasteiger partial charge in [0, 0.05) is 17.3 Å². The fourth-order valence-corrected chi connectivity index (χ4v) is 6.49. The Morgan fingerprint density at radius 3 is 2.53 bits per heavy atom. The topological polar surface area (TPSA) is 97.8 Å². The van der Waals surface area contributed by atoms with Crippen LogP contribution in [0, 0.1) is 0 Å². The summed E-state index contributed by atoms with van der Waals surface area (Å²) in [4.78, 5) is 7.20. The van der Waals surface area contributed by atoms with E-state index in [-0.39, 0.29) is 5.95 Å². The van der Waals surface area contributed by atoms with Gasteiger partial charge in [0.1, 0.15) is 0 Å². The molecule has 1 aliphatic heterocycles. The van der Waals surface area contributed by atoms with Crippen molar-refractivity contribution in [1.29, 1.82) is 0 Å². The van der Waals surface area contributed by atoms with Gasteiger partial charge >= 0.3 is 0 Å². The molecule has 3 heterocycles. The number of anilines is 3. The quantitative estimate of drug-likeness (QED) is 0.381. The highest BCUT2D eigenvalue weighted by atomic mass is 15.4. The van der Waals surface area contributed by atoms with E-state index >= 15 is 0 Å². The average molecular weight is 507 g/mol. The summed E-state index contributed by atoms with van der Waals surface area (Å²) in [5, 5.41) is 17.1. The van der Waals surface area contributed by atoms with E-state index in [1.807, 2.05) is 6.07 Å². The van der Waals surface area contributed by atoms with Crippen LogP contribution < -0.4 is 11.1 Å². The Morgan fingerprint density at radius 2 is 1.63 bits per heavy atom. The maximum atomic E-state index is 6.31. The van der Waals surface area contributed by atoms with Crippen LogP contribution in [-0.4, -0.2) is 49.0 Å². The largest absolute Gasteiger partial charge is 0.368 e. The summed E-state index contributed by atoms with van der Waals surface area (Å²) < 4.78 is 1.58. The monoisotopic (exact) mass is 506 g/mol. The molecule has 2 aromatic heterocycles. The predicted octanol–water partition coefficient (Wildman–Crippen LogP) is 4.88. The molecule has 38 heavy (non-hydrogen) atoms. The van der Waals surface area contributed by atoms with E-state index in [1.54, 1.807) is 4.68 Å². The van der Waals surface area contributed by atoms with Crippen LogP contribution in [0.1, 0.15) is 54.5 Å². The third-order valence-electron chi connectivity index (χ3n) is 8.49. The number of hydrogen-bond donors (Lipinski definition) is 2. The van der Waals surface area contributed by atoms with Crippen LogP contribution in [-0.2, 0) is 25.7 Å². The Hall–Kier alpha value is -3.78. The van der Waals surface area contributed by atoms with E-state index in [1.165, 1.54) is 61.0 Å². The normalized spacial score (nSPS) is 19.2. The number of likely N-dealkylation sites (tertiary alicyclic amines) is 1. The molecule has 1 saturated heterocycles. The number of aryl methyl sites for hydroxylation is 4. The Bertz CT molecular complexity index is 1470. The highest BCUT2D eigenvalue weighted by Gasteiger charge is 2.25. The molecule has 8 heteroatoms. The first-order chi connectivity index (χ1) is 18.7. The maximum Gasteiger partial charge on any atom is 0.248 e. The number of nitrogens with zero attached hydrogens (tertiary/aromatic N) is 6. The van der Waals surface area contributed by atoms with Gasteiger partial charge in [-0.3, -0.25) is 0 Å².